The minimum atomic E-state index is -4.99. The summed E-state index contributed by atoms with van der Waals surface area (Å²) in [7, 11) is 0. The fourth-order valence-corrected chi connectivity index (χ4v) is 6.30. The third-order valence-corrected chi connectivity index (χ3v) is 8.41. The van der Waals surface area contributed by atoms with Gasteiger partial charge in [0.05, 0.1) is 16.0 Å². The van der Waals surface area contributed by atoms with E-state index in [0.29, 0.717) is 17.0 Å². The van der Waals surface area contributed by atoms with Gasteiger partial charge in [-0.3, -0.25) is 14.5 Å². The number of phenolic OH excluding ortho intramolecular Hbond substituents is 1. The third kappa shape index (κ3) is 8.67. The largest absolute Gasteiger partial charge is 0.507 e. The number of amides is 2. The van der Waals surface area contributed by atoms with Gasteiger partial charge < -0.3 is 15.2 Å². The Balaban J connectivity index is 1.41. The molecule has 2 aromatic carbocycles. The number of nitrogens with one attached hydrogen (secondary N) is 1. The van der Waals surface area contributed by atoms with Crippen LogP contribution in [0.1, 0.15) is 53.6 Å². The molecular weight excluding hydrogens is 679 g/mol. The van der Waals surface area contributed by atoms with E-state index in [1.54, 1.807) is 20.8 Å². The van der Waals surface area contributed by atoms with Crippen molar-refractivity contribution in [2.75, 3.05) is 11.9 Å². The zero-order valence-corrected chi connectivity index (χ0v) is 26.6. The molecule has 7 nitrogen and oxygen atoms in total. The summed E-state index contributed by atoms with van der Waals surface area (Å²) in [5, 5.41) is 14.2. The van der Waals surface area contributed by atoms with Crippen molar-refractivity contribution >= 4 is 69.2 Å². The van der Waals surface area contributed by atoms with Gasteiger partial charge >= 0.3 is 18.3 Å². The van der Waals surface area contributed by atoms with E-state index in [9.17, 15) is 45.8 Å². The van der Waals surface area contributed by atoms with Crippen LogP contribution in [0, 0.1) is 0 Å². The highest BCUT2D eigenvalue weighted by Gasteiger charge is 2.37. The number of ether oxygens (including phenoxy) is 1. The zero-order chi connectivity index (χ0) is 34.2. The maximum Gasteiger partial charge on any atom is 0.416 e. The summed E-state index contributed by atoms with van der Waals surface area (Å²) in [4.78, 5) is 39.5. The quantitative estimate of drug-likeness (QED) is 0.111. The number of phenols is 1. The molecule has 1 aromatic heterocycles. The molecule has 2 N–H and O–H groups in total. The van der Waals surface area contributed by atoms with E-state index < -0.39 is 52.6 Å². The van der Waals surface area contributed by atoms with E-state index in [4.69, 9.17) is 17.0 Å². The molecule has 2 heterocycles. The van der Waals surface area contributed by atoms with Crippen LogP contribution in [0.5, 0.6) is 5.75 Å². The topological polar surface area (TPSA) is 95.9 Å². The summed E-state index contributed by atoms with van der Waals surface area (Å²) in [6.07, 6.45) is -8.75. The molecule has 0 bridgehead atoms. The standard InChI is InChI=1S/C30H24F6N2O5S3/c1-28(2,3)43-26(42)21-5-4-19(12-22(21)39)37-24(40)6-7-38-25(41)23(46-27(38)44)13-20-10-16(14-45-20)15-8-17(29(31,32)33)11-18(9-15)30(34,35)36/h4-5,8-14,39H,6-7H2,1-3H3,(H,37,40). The molecule has 1 fully saturated rings. The highest BCUT2D eigenvalue weighted by atomic mass is 32.2. The molecule has 3 aromatic rings. The Hall–Kier alpha value is -3.89. The van der Waals surface area contributed by atoms with Gasteiger partial charge in [-0.2, -0.15) is 26.3 Å². The van der Waals surface area contributed by atoms with Crippen LogP contribution in [0.15, 0.2) is 52.7 Å². The van der Waals surface area contributed by atoms with Crippen LogP contribution in [0.3, 0.4) is 0 Å². The number of alkyl halides is 6. The van der Waals surface area contributed by atoms with Gasteiger partial charge in [0, 0.05) is 29.6 Å². The van der Waals surface area contributed by atoms with Crippen LogP contribution in [0.4, 0.5) is 32.0 Å². The van der Waals surface area contributed by atoms with Crippen molar-refractivity contribution in [3.63, 3.8) is 0 Å². The van der Waals surface area contributed by atoms with Gasteiger partial charge in [-0.25, -0.2) is 4.79 Å². The van der Waals surface area contributed by atoms with Crippen LogP contribution in [-0.4, -0.2) is 44.3 Å². The van der Waals surface area contributed by atoms with Crippen LogP contribution < -0.4 is 5.32 Å². The van der Waals surface area contributed by atoms with Gasteiger partial charge in [0.2, 0.25) is 5.91 Å². The molecular formula is C30H24F6N2O5S3. The van der Waals surface area contributed by atoms with E-state index in [2.05, 4.69) is 5.32 Å². The number of halogens is 6. The Morgan fingerprint density at radius 3 is 2.17 bits per heavy atom. The lowest BCUT2D eigenvalue weighted by atomic mass is 10.0. The fraction of sp³-hybridized carbons (Fsp3) is 0.267. The van der Waals surface area contributed by atoms with Gasteiger partial charge in [0.1, 0.15) is 21.2 Å². The number of esters is 1. The molecule has 0 spiro atoms. The number of carbonyl (C=O) groups excluding carboxylic acids is 3. The lowest BCUT2D eigenvalue weighted by molar-refractivity contribution is -0.143. The Kier molecular flexibility index (Phi) is 9.94. The summed E-state index contributed by atoms with van der Waals surface area (Å²) in [6.45, 7) is 4.92. The van der Waals surface area contributed by atoms with E-state index in [1.807, 2.05) is 0 Å². The molecule has 244 valence electrons. The number of thiophene rings is 1. The zero-order valence-electron chi connectivity index (χ0n) is 24.1. The van der Waals surface area contributed by atoms with Crippen LogP contribution in [0.2, 0.25) is 0 Å². The number of benzene rings is 2. The van der Waals surface area contributed by atoms with Gasteiger partial charge in [-0.05, 0) is 79.8 Å². The van der Waals surface area contributed by atoms with Gasteiger partial charge in [-0.15, -0.1) is 11.3 Å². The number of rotatable bonds is 7. The summed E-state index contributed by atoms with van der Waals surface area (Å²) >= 11 is 7.21. The molecule has 0 aliphatic carbocycles. The fourth-order valence-electron chi connectivity index (χ4n) is 4.08. The van der Waals surface area contributed by atoms with Crippen molar-refractivity contribution in [2.24, 2.45) is 0 Å². The minimum absolute atomic E-state index is 0.0502. The first-order chi connectivity index (χ1) is 21.2. The van der Waals surface area contributed by atoms with Gasteiger partial charge in [0.25, 0.3) is 5.91 Å². The van der Waals surface area contributed by atoms with Gasteiger partial charge in [-0.1, -0.05) is 24.0 Å². The Bertz CT molecular complexity index is 1710. The number of anilines is 1. The average Bonchev–Trinajstić information content (AvgIpc) is 3.49. The van der Waals surface area contributed by atoms with Crippen LogP contribution in [-0.2, 0) is 26.7 Å². The van der Waals surface area contributed by atoms with E-state index in [-0.39, 0.29) is 50.6 Å². The summed E-state index contributed by atoms with van der Waals surface area (Å²) < 4.78 is 85.1. The molecule has 4 rings (SSSR count). The lowest BCUT2D eigenvalue weighted by Gasteiger charge is -2.20. The lowest BCUT2D eigenvalue weighted by Crippen LogP contribution is -2.31. The summed E-state index contributed by atoms with van der Waals surface area (Å²) in [5.74, 6) is -2.20. The summed E-state index contributed by atoms with van der Waals surface area (Å²) in [5.41, 5.74) is -3.74. The molecule has 0 atom stereocenters. The second-order valence-corrected chi connectivity index (χ2v) is 13.5. The maximum atomic E-state index is 13.3. The molecule has 1 aliphatic rings. The summed E-state index contributed by atoms with van der Waals surface area (Å²) in [6, 6.07) is 6.54. The normalized spacial score (nSPS) is 15.1. The van der Waals surface area contributed by atoms with Crippen molar-refractivity contribution in [3.05, 3.63) is 74.3 Å². The van der Waals surface area contributed by atoms with Crippen molar-refractivity contribution in [3.8, 4) is 16.9 Å². The number of hydrogen-bond acceptors (Lipinski definition) is 8. The molecule has 2 amide bonds. The molecule has 0 unspecified atom stereocenters. The second kappa shape index (κ2) is 13.1. The van der Waals surface area contributed by atoms with Crippen molar-refractivity contribution in [2.45, 2.75) is 45.1 Å². The monoisotopic (exact) mass is 702 g/mol. The Labute approximate surface area is 272 Å². The van der Waals surface area contributed by atoms with Crippen molar-refractivity contribution < 1.29 is 50.6 Å². The predicted molar refractivity (Wildman–Crippen MR) is 166 cm³/mol. The molecule has 1 aliphatic heterocycles. The number of thiocarbonyl (C=S) groups is 1. The van der Waals surface area contributed by atoms with E-state index in [0.717, 1.165) is 23.1 Å². The second-order valence-electron chi connectivity index (χ2n) is 10.9. The first-order valence-corrected chi connectivity index (χ1v) is 15.3. The van der Waals surface area contributed by atoms with Gasteiger partial charge in [0.15, 0.2) is 0 Å². The average molecular weight is 703 g/mol. The van der Waals surface area contributed by atoms with Crippen LogP contribution >= 0.6 is 35.3 Å². The number of hydrogen-bond donors (Lipinski definition) is 2. The molecule has 46 heavy (non-hydrogen) atoms. The Morgan fingerprint density at radius 1 is 0.978 bits per heavy atom. The smallest absolute Gasteiger partial charge is 0.416 e. The van der Waals surface area contributed by atoms with Crippen LogP contribution in [0.25, 0.3) is 17.2 Å². The van der Waals surface area contributed by atoms with E-state index in [1.165, 1.54) is 40.6 Å². The highest BCUT2D eigenvalue weighted by molar-refractivity contribution is 8.26. The third-order valence-electron chi connectivity index (χ3n) is 6.15. The number of carbonyl (C=O) groups is 3. The molecule has 1 saturated heterocycles. The van der Waals surface area contributed by atoms with E-state index >= 15 is 0 Å². The molecule has 16 heteroatoms. The first-order valence-electron chi connectivity index (χ1n) is 13.2. The minimum Gasteiger partial charge on any atom is -0.507 e. The van der Waals surface area contributed by atoms with Crippen molar-refractivity contribution in [1.29, 1.82) is 0 Å². The molecule has 0 saturated carbocycles. The predicted octanol–water partition coefficient (Wildman–Crippen LogP) is 8.34. The maximum absolute atomic E-state index is 13.3. The first kappa shape index (κ1) is 35.0. The SMILES string of the molecule is CC(C)(C)OC(=O)c1ccc(NC(=O)CCN2C(=O)C(=Cc3cc(-c4cc(C(F)(F)F)cc(C(F)(F)F)c4)cs3)SC2=S)cc1O. The molecule has 0 radical (unpaired) electrons. The van der Waals surface area contributed by atoms with Crippen molar-refractivity contribution in [1.82, 2.24) is 4.90 Å². The number of thioether (sulfide) groups is 1. The number of aromatic hydroxyl groups is 1. The number of nitrogens with zero attached hydrogens (tertiary/aromatic N) is 1. The highest BCUT2D eigenvalue weighted by Crippen LogP contribution is 2.40. The Morgan fingerprint density at radius 2 is 1.61 bits per heavy atom.